The van der Waals surface area contributed by atoms with Crippen LogP contribution < -0.4 is 17.2 Å². The fourth-order valence-corrected chi connectivity index (χ4v) is 2.57. The van der Waals surface area contributed by atoms with Gasteiger partial charge in [-0.3, -0.25) is 4.79 Å². The van der Waals surface area contributed by atoms with E-state index in [-0.39, 0.29) is 11.9 Å². The Morgan fingerprint density at radius 2 is 2.15 bits per heavy atom. The van der Waals surface area contributed by atoms with E-state index in [9.17, 15) is 4.79 Å². The molecule has 6 N–H and O–H groups in total. The van der Waals surface area contributed by atoms with Crippen LogP contribution in [0.1, 0.15) is 12.0 Å². The predicted octanol–water partition coefficient (Wildman–Crippen LogP) is 0.459. The first-order chi connectivity index (χ1) is 9.56. The Bertz CT molecular complexity index is 685. The van der Waals surface area contributed by atoms with Gasteiger partial charge in [0.1, 0.15) is 5.82 Å². The van der Waals surface area contributed by atoms with E-state index in [0.717, 1.165) is 16.3 Å². The van der Waals surface area contributed by atoms with E-state index in [1.807, 2.05) is 18.2 Å². The number of pyridine rings is 1. The predicted molar refractivity (Wildman–Crippen MR) is 78.6 cm³/mol. The van der Waals surface area contributed by atoms with Crippen molar-refractivity contribution in [2.45, 2.75) is 19.0 Å². The van der Waals surface area contributed by atoms with Gasteiger partial charge in [-0.05, 0) is 35.6 Å². The molecule has 1 atom stereocenters. The van der Waals surface area contributed by atoms with E-state index in [4.69, 9.17) is 17.2 Å². The lowest BCUT2D eigenvalue weighted by Crippen LogP contribution is -2.33. The summed E-state index contributed by atoms with van der Waals surface area (Å²) in [6, 6.07) is 5.25. The van der Waals surface area contributed by atoms with Gasteiger partial charge in [-0.25, -0.2) is 4.98 Å². The lowest BCUT2D eigenvalue weighted by Gasteiger charge is -2.18. The quantitative estimate of drug-likeness (QED) is 0.687. The molecule has 2 aromatic rings. The molecule has 0 saturated carbocycles. The number of fused-ring (bicyclic) bond motifs is 1. The normalized spacial score (nSPS) is 18.9. The van der Waals surface area contributed by atoms with Gasteiger partial charge in [0.2, 0.25) is 5.91 Å². The van der Waals surface area contributed by atoms with Crippen molar-refractivity contribution in [3.8, 4) is 0 Å². The zero-order chi connectivity index (χ0) is 14.3. The van der Waals surface area contributed by atoms with Gasteiger partial charge in [0.15, 0.2) is 0 Å². The third kappa shape index (κ3) is 2.04. The highest BCUT2D eigenvalue weighted by Crippen LogP contribution is 2.26. The third-order valence-corrected chi connectivity index (χ3v) is 3.76. The molecule has 1 unspecified atom stereocenters. The second-order valence-corrected chi connectivity index (χ2v) is 5.12. The molecule has 1 aliphatic rings. The maximum absolute atomic E-state index is 11.9. The summed E-state index contributed by atoms with van der Waals surface area (Å²) in [6.07, 6.45) is 2.34. The summed E-state index contributed by atoms with van der Waals surface area (Å²) < 4.78 is 0. The average Bonchev–Trinajstić information content (AvgIpc) is 2.72. The number of nitrogen functional groups attached to an aromatic ring is 2. The first-order valence-electron chi connectivity index (χ1n) is 6.53. The number of hydrogen-bond donors (Lipinski definition) is 3. The van der Waals surface area contributed by atoms with Crippen LogP contribution in [-0.4, -0.2) is 28.4 Å². The molecule has 1 amide bonds. The van der Waals surface area contributed by atoms with Crippen LogP contribution in [-0.2, 0) is 11.3 Å². The zero-order valence-electron chi connectivity index (χ0n) is 11.0. The molecule has 1 saturated heterocycles. The molecule has 2 heterocycles. The number of likely N-dealkylation sites (tertiary alicyclic amines) is 1. The molecular formula is C14H17N5O. The van der Waals surface area contributed by atoms with Crippen molar-refractivity contribution in [3.63, 3.8) is 0 Å². The van der Waals surface area contributed by atoms with Crippen molar-refractivity contribution < 1.29 is 4.79 Å². The van der Waals surface area contributed by atoms with Crippen LogP contribution in [0.15, 0.2) is 24.4 Å². The second-order valence-electron chi connectivity index (χ2n) is 5.12. The number of anilines is 2. The van der Waals surface area contributed by atoms with E-state index >= 15 is 0 Å². The molecule has 104 valence electrons. The van der Waals surface area contributed by atoms with Crippen molar-refractivity contribution in [1.82, 2.24) is 9.88 Å². The molecule has 0 spiro atoms. The third-order valence-electron chi connectivity index (χ3n) is 3.76. The standard InChI is InChI=1S/C14H17N5O/c15-11-2-4-19(14(11)20)7-9-5-10-8(6-12(9)16)1-3-18-13(10)17/h1,3,5-6,11H,2,4,7,15-16H2,(H2,17,18). The van der Waals surface area contributed by atoms with E-state index < -0.39 is 0 Å². The van der Waals surface area contributed by atoms with Gasteiger partial charge < -0.3 is 22.1 Å². The monoisotopic (exact) mass is 271 g/mol. The highest BCUT2D eigenvalue weighted by atomic mass is 16.2. The van der Waals surface area contributed by atoms with E-state index in [1.54, 1.807) is 11.1 Å². The van der Waals surface area contributed by atoms with Crippen LogP contribution in [0.5, 0.6) is 0 Å². The number of rotatable bonds is 2. The minimum Gasteiger partial charge on any atom is -0.398 e. The number of carbonyl (C=O) groups excluding carboxylic acids is 1. The van der Waals surface area contributed by atoms with Gasteiger partial charge in [-0.15, -0.1) is 0 Å². The Morgan fingerprint density at radius 3 is 2.85 bits per heavy atom. The summed E-state index contributed by atoms with van der Waals surface area (Å²) in [7, 11) is 0. The van der Waals surface area contributed by atoms with Crippen molar-refractivity contribution in [2.24, 2.45) is 5.73 Å². The first-order valence-corrected chi connectivity index (χ1v) is 6.53. The Balaban J connectivity index is 1.97. The number of aromatic nitrogens is 1. The van der Waals surface area contributed by atoms with Gasteiger partial charge >= 0.3 is 0 Å². The minimum absolute atomic E-state index is 0.0244. The second kappa shape index (κ2) is 4.64. The zero-order valence-corrected chi connectivity index (χ0v) is 11.0. The maximum Gasteiger partial charge on any atom is 0.239 e. The summed E-state index contributed by atoms with van der Waals surface area (Å²) in [4.78, 5) is 17.7. The topological polar surface area (TPSA) is 111 Å². The maximum atomic E-state index is 11.9. The van der Waals surface area contributed by atoms with Gasteiger partial charge in [0, 0.05) is 30.4 Å². The van der Waals surface area contributed by atoms with Crippen LogP contribution >= 0.6 is 0 Å². The Labute approximate surface area is 116 Å². The van der Waals surface area contributed by atoms with Gasteiger partial charge in [0.25, 0.3) is 0 Å². The summed E-state index contributed by atoms with van der Waals surface area (Å²) in [5, 5.41) is 1.80. The Hall–Kier alpha value is -2.34. The fraction of sp³-hybridized carbons (Fsp3) is 0.286. The molecule has 3 rings (SSSR count). The largest absolute Gasteiger partial charge is 0.398 e. The fourth-order valence-electron chi connectivity index (χ4n) is 2.57. The molecule has 0 aliphatic carbocycles. The van der Waals surface area contributed by atoms with Crippen LogP contribution in [0, 0.1) is 0 Å². The Morgan fingerprint density at radius 1 is 1.35 bits per heavy atom. The van der Waals surface area contributed by atoms with Crippen LogP contribution in [0.2, 0.25) is 0 Å². The van der Waals surface area contributed by atoms with Gasteiger partial charge in [-0.2, -0.15) is 0 Å². The molecule has 0 radical (unpaired) electrons. The minimum atomic E-state index is -0.386. The molecule has 6 nitrogen and oxygen atoms in total. The molecule has 20 heavy (non-hydrogen) atoms. The van der Waals surface area contributed by atoms with Crippen molar-refractivity contribution in [3.05, 3.63) is 30.0 Å². The Kier molecular flexibility index (Phi) is 2.94. The highest BCUT2D eigenvalue weighted by molar-refractivity contribution is 5.94. The molecule has 0 bridgehead atoms. The number of amides is 1. The lowest BCUT2D eigenvalue weighted by atomic mass is 10.1. The van der Waals surface area contributed by atoms with Crippen LogP contribution in [0.4, 0.5) is 11.5 Å². The molecule has 1 aliphatic heterocycles. The van der Waals surface area contributed by atoms with Crippen LogP contribution in [0.25, 0.3) is 10.8 Å². The summed E-state index contributed by atoms with van der Waals surface area (Å²) in [6.45, 7) is 1.13. The summed E-state index contributed by atoms with van der Waals surface area (Å²) >= 11 is 0. The highest BCUT2D eigenvalue weighted by Gasteiger charge is 2.28. The average molecular weight is 271 g/mol. The van der Waals surface area contributed by atoms with Gasteiger partial charge in [0.05, 0.1) is 6.04 Å². The molecule has 6 heteroatoms. The molecule has 1 fully saturated rings. The van der Waals surface area contributed by atoms with E-state index in [0.29, 0.717) is 31.0 Å². The van der Waals surface area contributed by atoms with Crippen molar-refractivity contribution in [1.29, 1.82) is 0 Å². The number of hydrogen-bond acceptors (Lipinski definition) is 5. The van der Waals surface area contributed by atoms with Crippen molar-refractivity contribution >= 4 is 28.2 Å². The molecule has 1 aromatic heterocycles. The smallest absolute Gasteiger partial charge is 0.239 e. The van der Waals surface area contributed by atoms with Crippen molar-refractivity contribution in [2.75, 3.05) is 18.0 Å². The molecular weight excluding hydrogens is 254 g/mol. The van der Waals surface area contributed by atoms with Crippen LogP contribution in [0.3, 0.4) is 0 Å². The number of nitrogens with two attached hydrogens (primary N) is 3. The number of carbonyl (C=O) groups is 1. The summed E-state index contributed by atoms with van der Waals surface area (Å²) in [5.74, 6) is 0.442. The SMILES string of the molecule is Nc1cc2ccnc(N)c2cc1CN1CCC(N)C1=O. The molecule has 1 aromatic carbocycles. The van der Waals surface area contributed by atoms with E-state index in [1.165, 1.54) is 0 Å². The first kappa shape index (κ1) is 12.7. The van der Waals surface area contributed by atoms with Gasteiger partial charge in [-0.1, -0.05) is 0 Å². The number of benzene rings is 1. The number of nitrogens with zero attached hydrogens (tertiary/aromatic N) is 2. The summed E-state index contributed by atoms with van der Waals surface area (Å²) in [5.41, 5.74) is 19.2. The lowest BCUT2D eigenvalue weighted by molar-refractivity contribution is -0.129. The van der Waals surface area contributed by atoms with E-state index in [2.05, 4.69) is 4.98 Å².